The zero-order valence-electron chi connectivity index (χ0n) is 10.8. The molecule has 0 fully saturated rings. The monoisotopic (exact) mass is 288 g/mol. The van der Waals surface area contributed by atoms with E-state index < -0.39 is 17.2 Å². The quantitative estimate of drug-likeness (QED) is 0.810. The Morgan fingerprint density at radius 1 is 1.14 bits per heavy atom. The summed E-state index contributed by atoms with van der Waals surface area (Å²) in [4.78, 5) is 4.30. The highest BCUT2D eigenvalue weighted by Gasteiger charge is 2.47. The third kappa shape index (κ3) is 1.55. The summed E-state index contributed by atoms with van der Waals surface area (Å²) in [6.45, 7) is 0.0785. The van der Waals surface area contributed by atoms with Crippen molar-refractivity contribution in [2.45, 2.75) is 5.54 Å². The van der Waals surface area contributed by atoms with Crippen LogP contribution < -0.4 is 10.5 Å². The van der Waals surface area contributed by atoms with Crippen LogP contribution in [0.1, 0.15) is 11.1 Å². The van der Waals surface area contributed by atoms with Gasteiger partial charge in [0.05, 0.1) is 0 Å². The molecule has 4 rings (SSSR count). The molecule has 2 aliphatic rings. The molecule has 4 nitrogen and oxygen atoms in total. The molecule has 1 unspecified atom stereocenters. The van der Waals surface area contributed by atoms with Crippen LogP contribution in [-0.2, 0) is 10.3 Å². The average Bonchev–Trinajstić information content (AvgIpc) is 2.85. The van der Waals surface area contributed by atoms with E-state index in [0.29, 0.717) is 16.9 Å². The van der Waals surface area contributed by atoms with Crippen LogP contribution in [0.25, 0.3) is 0 Å². The van der Waals surface area contributed by atoms with Crippen LogP contribution in [0.3, 0.4) is 0 Å². The maximum Gasteiger partial charge on any atom is 0.283 e. The molecule has 0 radical (unpaired) electrons. The molecule has 0 aromatic heterocycles. The minimum Gasteiger partial charge on any atom is -0.462 e. The van der Waals surface area contributed by atoms with Gasteiger partial charge >= 0.3 is 0 Å². The number of nitrogens with two attached hydrogens (primary N) is 1. The molecule has 0 aliphatic carbocycles. The van der Waals surface area contributed by atoms with Crippen molar-refractivity contribution in [1.29, 1.82) is 0 Å². The number of nitrogens with zero attached hydrogens (tertiary/aromatic N) is 1. The van der Waals surface area contributed by atoms with Crippen LogP contribution in [0.15, 0.2) is 41.4 Å². The second-order valence-corrected chi connectivity index (χ2v) is 4.96. The Bertz CT molecular complexity index is 787. The minimum atomic E-state index is -1.07. The van der Waals surface area contributed by atoms with Crippen LogP contribution in [0.5, 0.6) is 11.5 Å². The number of para-hydroxylation sites is 1. The first-order chi connectivity index (χ1) is 10.1. The molecule has 1 atom stereocenters. The van der Waals surface area contributed by atoms with Crippen molar-refractivity contribution in [1.82, 2.24) is 0 Å². The number of hydrogen-bond acceptors (Lipinski definition) is 4. The number of rotatable bonds is 0. The van der Waals surface area contributed by atoms with Crippen molar-refractivity contribution < 1.29 is 18.3 Å². The van der Waals surface area contributed by atoms with Gasteiger partial charge in [0.2, 0.25) is 0 Å². The second-order valence-electron chi connectivity index (χ2n) is 4.96. The summed E-state index contributed by atoms with van der Waals surface area (Å²) in [6, 6.07) is 8.53. The fourth-order valence-corrected chi connectivity index (χ4v) is 2.81. The van der Waals surface area contributed by atoms with Crippen LogP contribution in [0.4, 0.5) is 8.78 Å². The zero-order chi connectivity index (χ0) is 14.6. The van der Waals surface area contributed by atoms with E-state index in [0.717, 1.165) is 0 Å². The Morgan fingerprint density at radius 2 is 2.00 bits per heavy atom. The molecular formula is C15H10F2N2O2. The predicted molar refractivity (Wildman–Crippen MR) is 71.2 cm³/mol. The molecule has 2 heterocycles. The molecule has 1 spiro atoms. The number of halogens is 2. The van der Waals surface area contributed by atoms with Gasteiger partial charge in [-0.15, -0.1) is 0 Å². The van der Waals surface area contributed by atoms with Gasteiger partial charge in [0.1, 0.15) is 18.2 Å². The molecule has 0 saturated carbocycles. The van der Waals surface area contributed by atoms with Gasteiger partial charge in [-0.3, -0.25) is 0 Å². The third-order valence-electron chi connectivity index (χ3n) is 3.74. The van der Waals surface area contributed by atoms with Crippen molar-refractivity contribution in [2.75, 3.05) is 6.61 Å². The van der Waals surface area contributed by atoms with Gasteiger partial charge in [-0.05, 0) is 24.3 Å². The highest BCUT2D eigenvalue weighted by atomic mass is 19.1. The topological polar surface area (TPSA) is 56.8 Å². The summed E-state index contributed by atoms with van der Waals surface area (Å²) < 4.78 is 38.5. The van der Waals surface area contributed by atoms with Crippen LogP contribution in [0, 0.1) is 11.6 Å². The van der Waals surface area contributed by atoms with E-state index >= 15 is 0 Å². The SMILES string of the molecule is NC1=NC2(CO1)c1cc(F)ccc1Oc1c(F)cccc12. The first-order valence-corrected chi connectivity index (χ1v) is 6.35. The Morgan fingerprint density at radius 3 is 2.76 bits per heavy atom. The second kappa shape index (κ2) is 3.94. The molecule has 2 aromatic carbocycles. The lowest BCUT2D eigenvalue weighted by Crippen LogP contribution is -2.31. The molecule has 21 heavy (non-hydrogen) atoms. The normalized spacial score (nSPS) is 22.1. The molecule has 0 saturated heterocycles. The van der Waals surface area contributed by atoms with Crippen molar-refractivity contribution in [3.05, 3.63) is 59.2 Å². The molecule has 2 N–H and O–H groups in total. The summed E-state index contributed by atoms with van der Waals surface area (Å²) in [5.74, 6) is -0.533. The molecule has 0 amide bonds. The number of aliphatic imine (C=N–C) groups is 1. The molecule has 2 aliphatic heterocycles. The number of ether oxygens (including phenoxy) is 2. The van der Waals surface area contributed by atoms with E-state index in [1.165, 1.54) is 24.3 Å². The molecule has 2 aromatic rings. The van der Waals surface area contributed by atoms with E-state index in [4.69, 9.17) is 15.2 Å². The van der Waals surface area contributed by atoms with Crippen molar-refractivity contribution in [3.8, 4) is 11.5 Å². The number of hydrogen-bond donors (Lipinski definition) is 1. The lowest BCUT2D eigenvalue weighted by atomic mass is 9.81. The fourth-order valence-electron chi connectivity index (χ4n) is 2.81. The molecular weight excluding hydrogens is 278 g/mol. The molecule has 0 bridgehead atoms. The smallest absolute Gasteiger partial charge is 0.283 e. The maximum atomic E-state index is 14.1. The van der Waals surface area contributed by atoms with Gasteiger partial charge in [0.15, 0.2) is 17.1 Å². The van der Waals surface area contributed by atoms with E-state index in [2.05, 4.69) is 4.99 Å². The maximum absolute atomic E-state index is 14.1. The summed E-state index contributed by atoms with van der Waals surface area (Å²) in [6.07, 6.45) is 0. The van der Waals surface area contributed by atoms with Crippen LogP contribution in [0.2, 0.25) is 0 Å². The fraction of sp³-hybridized carbons (Fsp3) is 0.133. The average molecular weight is 288 g/mol. The predicted octanol–water partition coefficient (Wildman–Crippen LogP) is 2.66. The van der Waals surface area contributed by atoms with Crippen molar-refractivity contribution in [2.24, 2.45) is 10.7 Å². The van der Waals surface area contributed by atoms with Gasteiger partial charge in [-0.2, -0.15) is 0 Å². The zero-order valence-corrected chi connectivity index (χ0v) is 10.8. The first kappa shape index (κ1) is 12.1. The lowest BCUT2D eigenvalue weighted by Gasteiger charge is -2.33. The van der Waals surface area contributed by atoms with E-state index in [1.807, 2.05) is 0 Å². The van der Waals surface area contributed by atoms with Crippen LogP contribution in [-0.4, -0.2) is 12.6 Å². The highest BCUT2D eigenvalue weighted by Crippen LogP contribution is 2.51. The van der Waals surface area contributed by atoms with Crippen molar-refractivity contribution in [3.63, 3.8) is 0 Å². The number of benzene rings is 2. The molecule has 106 valence electrons. The third-order valence-corrected chi connectivity index (χ3v) is 3.74. The van der Waals surface area contributed by atoms with Gasteiger partial charge in [0, 0.05) is 11.1 Å². The number of fused-ring (bicyclic) bond motifs is 4. The van der Waals surface area contributed by atoms with Crippen molar-refractivity contribution >= 4 is 6.02 Å². The summed E-state index contributed by atoms with van der Waals surface area (Å²) in [7, 11) is 0. The Hall–Kier alpha value is -2.63. The Balaban J connectivity index is 2.07. The first-order valence-electron chi connectivity index (χ1n) is 6.35. The van der Waals surface area contributed by atoms with E-state index in [1.54, 1.807) is 12.1 Å². The Labute approximate surface area is 118 Å². The standard InChI is InChI=1S/C15H10F2N2O2/c16-8-4-5-12-10(6-8)15(7-20-14(18)19-15)9-2-1-3-11(17)13(9)21-12/h1-6H,7H2,(H2,18,19). The van der Waals surface area contributed by atoms with E-state index in [-0.39, 0.29) is 18.4 Å². The largest absolute Gasteiger partial charge is 0.462 e. The summed E-state index contributed by atoms with van der Waals surface area (Å²) in [5.41, 5.74) is 5.50. The van der Waals surface area contributed by atoms with Gasteiger partial charge in [-0.25, -0.2) is 13.8 Å². The molecule has 6 heteroatoms. The van der Waals surface area contributed by atoms with Gasteiger partial charge in [-0.1, -0.05) is 12.1 Å². The van der Waals surface area contributed by atoms with E-state index in [9.17, 15) is 8.78 Å². The summed E-state index contributed by atoms with van der Waals surface area (Å²) >= 11 is 0. The minimum absolute atomic E-state index is 0.0117. The highest BCUT2D eigenvalue weighted by molar-refractivity contribution is 5.76. The van der Waals surface area contributed by atoms with Gasteiger partial charge in [0.25, 0.3) is 6.02 Å². The Kier molecular flexibility index (Phi) is 2.28. The van der Waals surface area contributed by atoms with Gasteiger partial charge < -0.3 is 15.2 Å². The van der Waals surface area contributed by atoms with Crippen LogP contribution >= 0.6 is 0 Å². The number of amidine groups is 1. The lowest BCUT2D eigenvalue weighted by molar-refractivity contribution is 0.261. The summed E-state index contributed by atoms with van der Waals surface area (Å²) in [5, 5.41) is 0.